The van der Waals surface area contributed by atoms with Crippen molar-refractivity contribution in [3.05, 3.63) is 119 Å². The molecule has 0 nitrogen and oxygen atoms in total. The molecule has 4 aromatic rings. The zero-order valence-electron chi connectivity index (χ0n) is 15.7. The van der Waals surface area contributed by atoms with Crippen LogP contribution in [0.1, 0.15) is 22.3 Å². The molecule has 0 radical (unpaired) electrons. The molecule has 6 rings (SSSR count). The predicted octanol–water partition coefficient (Wildman–Crippen LogP) is 7.04. The molecule has 132 valence electrons. The van der Waals surface area contributed by atoms with E-state index in [1.54, 1.807) is 0 Å². The number of rotatable bonds is 0. The van der Waals surface area contributed by atoms with Gasteiger partial charge < -0.3 is 0 Å². The van der Waals surface area contributed by atoms with Gasteiger partial charge in [-0.05, 0) is 68.5 Å². The number of benzene rings is 4. The van der Waals surface area contributed by atoms with Gasteiger partial charge in [0.2, 0.25) is 0 Å². The lowest BCUT2D eigenvalue weighted by atomic mass is 9.74. The summed E-state index contributed by atoms with van der Waals surface area (Å²) in [5.74, 6) is 0. The Kier molecular flexibility index (Phi) is 3.39. The van der Waals surface area contributed by atoms with Crippen molar-refractivity contribution in [3.63, 3.8) is 0 Å². The molecule has 0 atom stereocenters. The van der Waals surface area contributed by atoms with E-state index < -0.39 is 0 Å². The van der Waals surface area contributed by atoms with Crippen LogP contribution in [0.2, 0.25) is 0 Å². The highest BCUT2D eigenvalue weighted by atomic mass is 14.3. The third-order valence-corrected chi connectivity index (χ3v) is 6.22. The monoisotopic (exact) mass is 356 g/mol. The summed E-state index contributed by atoms with van der Waals surface area (Å²) in [6.45, 7) is 0. The highest BCUT2D eigenvalue weighted by Crippen LogP contribution is 2.47. The van der Waals surface area contributed by atoms with E-state index in [4.69, 9.17) is 0 Å². The van der Waals surface area contributed by atoms with Crippen LogP contribution in [0.3, 0.4) is 0 Å². The Bertz CT molecular complexity index is 1160. The molecule has 0 fully saturated rings. The Hall–Kier alpha value is -3.38. The second-order valence-electron chi connectivity index (χ2n) is 7.72. The first-order chi connectivity index (χ1) is 13.9. The summed E-state index contributed by atoms with van der Waals surface area (Å²) in [5.41, 5.74) is 14.1. The summed E-state index contributed by atoms with van der Waals surface area (Å²) in [4.78, 5) is 0. The first kappa shape index (κ1) is 15.7. The third-order valence-electron chi connectivity index (χ3n) is 6.22. The van der Waals surface area contributed by atoms with Crippen molar-refractivity contribution in [3.8, 4) is 22.3 Å². The van der Waals surface area contributed by atoms with Crippen LogP contribution in [0, 0.1) is 0 Å². The molecule has 4 aromatic carbocycles. The average Bonchev–Trinajstić information content (AvgIpc) is 2.78. The number of fused-ring (bicyclic) bond motifs is 6. The first-order valence-electron chi connectivity index (χ1n) is 9.97. The third kappa shape index (κ3) is 2.25. The summed E-state index contributed by atoms with van der Waals surface area (Å²) >= 11 is 0. The van der Waals surface area contributed by atoms with Crippen molar-refractivity contribution in [2.75, 3.05) is 0 Å². The quantitative estimate of drug-likeness (QED) is 0.317. The topological polar surface area (TPSA) is 0 Å². The highest BCUT2D eigenvalue weighted by molar-refractivity contribution is 6.04. The molecule has 0 unspecified atom stereocenters. The van der Waals surface area contributed by atoms with E-state index in [1.807, 2.05) is 0 Å². The van der Waals surface area contributed by atoms with E-state index in [-0.39, 0.29) is 0 Å². The second kappa shape index (κ2) is 6.07. The van der Waals surface area contributed by atoms with Gasteiger partial charge >= 0.3 is 0 Å². The van der Waals surface area contributed by atoms with Crippen LogP contribution in [-0.2, 0) is 12.8 Å². The van der Waals surface area contributed by atoms with Crippen LogP contribution < -0.4 is 0 Å². The lowest BCUT2D eigenvalue weighted by Crippen LogP contribution is -2.10. The molecule has 2 aliphatic carbocycles. The van der Waals surface area contributed by atoms with E-state index >= 15 is 0 Å². The number of hydrogen-bond acceptors (Lipinski definition) is 0. The Morgan fingerprint density at radius 3 is 1.07 bits per heavy atom. The van der Waals surface area contributed by atoms with Crippen molar-refractivity contribution >= 4 is 11.1 Å². The zero-order valence-corrected chi connectivity index (χ0v) is 15.7. The van der Waals surface area contributed by atoms with Gasteiger partial charge in [0.15, 0.2) is 0 Å². The Balaban J connectivity index is 1.66. The van der Waals surface area contributed by atoms with Crippen molar-refractivity contribution in [2.24, 2.45) is 0 Å². The van der Waals surface area contributed by atoms with E-state index in [2.05, 4.69) is 97.1 Å². The minimum atomic E-state index is 0.999. The van der Waals surface area contributed by atoms with Gasteiger partial charge in [0.05, 0.1) is 0 Å². The summed E-state index contributed by atoms with van der Waals surface area (Å²) in [7, 11) is 0. The van der Waals surface area contributed by atoms with Gasteiger partial charge in [-0.15, -0.1) is 0 Å². The SMILES string of the molecule is c1ccc2c(c1)CC(=C1Cc3ccccc3-c3ccccc31)c1ccccc1-2. The fourth-order valence-corrected chi connectivity index (χ4v) is 4.95. The minimum absolute atomic E-state index is 0.999. The molecule has 0 spiro atoms. The molecule has 0 amide bonds. The van der Waals surface area contributed by atoms with Crippen molar-refractivity contribution in [2.45, 2.75) is 12.8 Å². The molecule has 0 bridgehead atoms. The second-order valence-corrected chi connectivity index (χ2v) is 7.72. The van der Waals surface area contributed by atoms with E-state index in [0.29, 0.717) is 0 Å². The molecule has 2 aliphatic rings. The number of allylic oxidation sites excluding steroid dienone is 2. The first-order valence-corrected chi connectivity index (χ1v) is 9.97. The van der Waals surface area contributed by atoms with Crippen LogP contribution in [-0.4, -0.2) is 0 Å². The van der Waals surface area contributed by atoms with Gasteiger partial charge in [0.1, 0.15) is 0 Å². The molecule has 0 aliphatic heterocycles. The standard InChI is InChI=1S/C28H20/c1-3-11-21-19(9-1)17-27(25-15-7-5-13-23(21)25)28-18-20-10-2-4-12-22(20)24-14-6-8-16-26(24)28/h1-16H,17-18H2. The van der Waals surface area contributed by atoms with Gasteiger partial charge in [-0.25, -0.2) is 0 Å². The van der Waals surface area contributed by atoms with Gasteiger partial charge in [0, 0.05) is 0 Å². The number of hydrogen-bond donors (Lipinski definition) is 0. The van der Waals surface area contributed by atoms with Crippen molar-refractivity contribution < 1.29 is 0 Å². The molecule has 0 aromatic heterocycles. The predicted molar refractivity (Wildman–Crippen MR) is 118 cm³/mol. The summed E-state index contributed by atoms with van der Waals surface area (Å²) < 4.78 is 0. The van der Waals surface area contributed by atoms with Crippen LogP contribution >= 0.6 is 0 Å². The zero-order chi connectivity index (χ0) is 18.5. The molecule has 0 N–H and O–H groups in total. The average molecular weight is 356 g/mol. The van der Waals surface area contributed by atoms with Crippen LogP contribution in [0.25, 0.3) is 33.4 Å². The lowest BCUT2D eigenvalue weighted by molar-refractivity contribution is 1.20. The van der Waals surface area contributed by atoms with E-state index in [9.17, 15) is 0 Å². The minimum Gasteiger partial charge on any atom is -0.0619 e. The molecule has 0 heterocycles. The maximum atomic E-state index is 2.30. The van der Waals surface area contributed by atoms with Gasteiger partial charge in [-0.1, -0.05) is 97.1 Å². The smallest absolute Gasteiger partial charge is 0.00104 e. The molecule has 28 heavy (non-hydrogen) atoms. The highest BCUT2D eigenvalue weighted by Gasteiger charge is 2.26. The van der Waals surface area contributed by atoms with Gasteiger partial charge in [0.25, 0.3) is 0 Å². The van der Waals surface area contributed by atoms with Gasteiger partial charge in [-0.3, -0.25) is 0 Å². The van der Waals surface area contributed by atoms with E-state index in [0.717, 1.165) is 12.8 Å². The Labute approximate surface area is 165 Å². The van der Waals surface area contributed by atoms with E-state index in [1.165, 1.54) is 55.7 Å². The molecule has 0 saturated heterocycles. The van der Waals surface area contributed by atoms with Gasteiger partial charge in [-0.2, -0.15) is 0 Å². The largest absolute Gasteiger partial charge is 0.0619 e. The molecule has 0 heteroatoms. The Morgan fingerprint density at radius 1 is 0.321 bits per heavy atom. The normalized spacial score (nSPS) is 16.6. The molecular formula is C28H20. The molecule has 0 saturated carbocycles. The van der Waals surface area contributed by atoms with Crippen LogP contribution in [0.4, 0.5) is 0 Å². The summed E-state index contributed by atoms with van der Waals surface area (Å²) in [6, 6.07) is 35.6. The van der Waals surface area contributed by atoms with Crippen LogP contribution in [0.5, 0.6) is 0 Å². The van der Waals surface area contributed by atoms with Crippen LogP contribution in [0.15, 0.2) is 97.1 Å². The summed E-state index contributed by atoms with van der Waals surface area (Å²) in [5, 5.41) is 0. The van der Waals surface area contributed by atoms with Crippen molar-refractivity contribution in [1.29, 1.82) is 0 Å². The fraction of sp³-hybridized carbons (Fsp3) is 0.0714. The lowest BCUT2D eigenvalue weighted by Gasteiger charge is -2.29. The Morgan fingerprint density at radius 2 is 0.643 bits per heavy atom. The maximum Gasteiger partial charge on any atom is -0.00104 e. The fourth-order valence-electron chi connectivity index (χ4n) is 4.95. The molecular weight excluding hydrogens is 336 g/mol. The maximum absolute atomic E-state index is 2.30. The summed E-state index contributed by atoms with van der Waals surface area (Å²) in [6.07, 6.45) is 2.00. The van der Waals surface area contributed by atoms with Crippen molar-refractivity contribution in [1.82, 2.24) is 0 Å².